The summed E-state index contributed by atoms with van der Waals surface area (Å²) in [5, 5.41) is 9.62. The first-order valence-electron chi connectivity index (χ1n) is 6.26. The highest BCUT2D eigenvalue weighted by Crippen LogP contribution is 2.18. The summed E-state index contributed by atoms with van der Waals surface area (Å²) in [4.78, 5) is 13.9. The average Bonchev–Trinajstić information content (AvgIpc) is 2.37. The van der Waals surface area contributed by atoms with Gasteiger partial charge in [-0.2, -0.15) is 0 Å². The quantitative estimate of drug-likeness (QED) is 0.788. The van der Waals surface area contributed by atoms with E-state index in [9.17, 15) is 9.90 Å². The number of aryl methyl sites for hydroxylation is 1. The van der Waals surface area contributed by atoms with Crippen molar-refractivity contribution < 1.29 is 14.6 Å². The number of ether oxygens (including phenoxy) is 1. The summed E-state index contributed by atoms with van der Waals surface area (Å²) in [7, 11) is 0. The van der Waals surface area contributed by atoms with Crippen LogP contribution in [0.1, 0.15) is 29.8 Å². The highest BCUT2D eigenvalue weighted by atomic mass is 16.5. The van der Waals surface area contributed by atoms with Crippen LogP contribution in [0.3, 0.4) is 0 Å². The van der Waals surface area contributed by atoms with E-state index in [1.165, 1.54) is 6.07 Å². The van der Waals surface area contributed by atoms with E-state index in [-0.39, 0.29) is 11.7 Å². The van der Waals surface area contributed by atoms with Crippen molar-refractivity contribution in [3.63, 3.8) is 0 Å². The summed E-state index contributed by atoms with van der Waals surface area (Å²) in [6, 6.07) is 5.00. The molecule has 0 aliphatic heterocycles. The second-order valence-electron chi connectivity index (χ2n) is 4.08. The smallest absolute Gasteiger partial charge is 0.254 e. The molecule has 0 aliphatic rings. The van der Waals surface area contributed by atoms with Gasteiger partial charge in [0.1, 0.15) is 5.75 Å². The van der Waals surface area contributed by atoms with Gasteiger partial charge in [-0.25, -0.2) is 0 Å². The Balaban J connectivity index is 2.73. The Hall–Kier alpha value is -1.55. The molecule has 0 atom stereocenters. The number of hydrogen-bond donors (Lipinski definition) is 1. The van der Waals surface area contributed by atoms with Crippen molar-refractivity contribution in [3.05, 3.63) is 29.3 Å². The number of phenolic OH excluding ortho intramolecular Hbond substituents is 1. The maximum absolute atomic E-state index is 12.2. The van der Waals surface area contributed by atoms with Gasteiger partial charge in [0.05, 0.1) is 6.61 Å². The van der Waals surface area contributed by atoms with Gasteiger partial charge >= 0.3 is 0 Å². The summed E-state index contributed by atoms with van der Waals surface area (Å²) in [5.74, 6) is 0.0780. The van der Waals surface area contributed by atoms with E-state index in [4.69, 9.17) is 4.74 Å². The Morgan fingerprint density at radius 1 is 1.39 bits per heavy atom. The van der Waals surface area contributed by atoms with Gasteiger partial charge in [0.2, 0.25) is 0 Å². The van der Waals surface area contributed by atoms with Crippen LogP contribution in [0.5, 0.6) is 5.75 Å². The fourth-order valence-electron chi connectivity index (χ4n) is 1.65. The normalized spacial score (nSPS) is 10.4. The Kier molecular flexibility index (Phi) is 5.65. The number of nitrogens with zero attached hydrogens (tertiary/aromatic N) is 1. The van der Waals surface area contributed by atoms with Gasteiger partial charge in [-0.1, -0.05) is 6.07 Å². The lowest BCUT2D eigenvalue weighted by atomic mass is 10.1. The van der Waals surface area contributed by atoms with Crippen molar-refractivity contribution in [2.24, 2.45) is 0 Å². The summed E-state index contributed by atoms with van der Waals surface area (Å²) in [6.07, 6.45) is 0. The van der Waals surface area contributed by atoms with E-state index in [0.717, 1.165) is 5.56 Å². The molecule has 0 aliphatic carbocycles. The number of phenols is 1. The SMILES string of the molecule is CCOCCN(CC)C(=O)c1ccc(C)c(O)c1. The predicted octanol–water partition coefficient (Wildman–Crippen LogP) is 2.20. The van der Waals surface area contributed by atoms with Crippen LogP contribution >= 0.6 is 0 Å². The maximum Gasteiger partial charge on any atom is 0.254 e. The summed E-state index contributed by atoms with van der Waals surface area (Å²) < 4.78 is 5.25. The molecule has 0 aromatic heterocycles. The second-order valence-corrected chi connectivity index (χ2v) is 4.08. The van der Waals surface area contributed by atoms with E-state index >= 15 is 0 Å². The summed E-state index contributed by atoms with van der Waals surface area (Å²) in [6.45, 7) is 8.04. The predicted molar refractivity (Wildman–Crippen MR) is 70.9 cm³/mol. The lowest BCUT2D eigenvalue weighted by Gasteiger charge is -2.21. The number of carbonyl (C=O) groups is 1. The van der Waals surface area contributed by atoms with Crippen molar-refractivity contribution in [3.8, 4) is 5.75 Å². The number of amides is 1. The van der Waals surface area contributed by atoms with E-state index < -0.39 is 0 Å². The van der Waals surface area contributed by atoms with E-state index in [1.54, 1.807) is 24.0 Å². The Bertz CT molecular complexity index is 404. The molecule has 0 radical (unpaired) electrons. The molecular formula is C14H21NO3. The van der Waals surface area contributed by atoms with Crippen LogP contribution in [0.2, 0.25) is 0 Å². The molecule has 0 fully saturated rings. The van der Waals surface area contributed by atoms with Gasteiger partial charge in [0.15, 0.2) is 0 Å². The van der Waals surface area contributed by atoms with Gasteiger partial charge in [-0.05, 0) is 38.5 Å². The second kappa shape index (κ2) is 7.01. The molecule has 0 saturated heterocycles. The average molecular weight is 251 g/mol. The maximum atomic E-state index is 12.2. The van der Waals surface area contributed by atoms with Crippen molar-refractivity contribution in [2.45, 2.75) is 20.8 Å². The molecule has 1 amide bonds. The van der Waals surface area contributed by atoms with Gasteiger partial charge in [0, 0.05) is 25.3 Å². The Morgan fingerprint density at radius 3 is 2.67 bits per heavy atom. The van der Waals surface area contributed by atoms with Gasteiger partial charge in [-0.3, -0.25) is 4.79 Å². The molecule has 0 heterocycles. The Morgan fingerprint density at radius 2 is 2.11 bits per heavy atom. The van der Waals surface area contributed by atoms with Crippen LogP contribution in [0.4, 0.5) is 0 Å². The standard InChI is InChI=1S/C14H21NO3/c1-4-15(8-9-18-5-2)14(17)12-7-6-11(3)13(16)10-12/h6-7,10,16H,4-5,8-9H2,1-3H3. The summed E-state index contributed by atoms with van der Waals surface area (Å²) in [5.41, 5.74) is 1.28. The molecule has 0 bridgehead atoms. The first kappa shape index (κ1) is 14.5. The zero-order valence-corrected chi connectivity index (χ0v) is 11.3. The zero-order chi connectivity index (χ0) is 13.5. The van der Waals surface area contributed by atoms with Crippen LogP contribution in [-0.4, -0.2) is 42.2 Å². The number of benzene rings is 1. The highest BCUT2D eigenvalue weighted by Gasteiger charge is 2.14. The summed E-state index contributed by atoms with van der Waals surface area (Å²) >= 11 is 0. The lowest BCUT2D eigenvalue weighted by molar-refractivity contribution is 0.0669. The molecule has 0 unspecified atom stereocenters. The molecule has 1 aromatic rings. The lowest BCUT2D eigenvalue weighted by Crippen LogP contribution is -2.33. The Labute approximate surface area is 108 Å². The number of aromatic hydroxyl groups is 1. The third-order valence-corrected chi connectivity index (χ3v) is 2.83. The minimum atomic E-state index is -0.0764. The minimum Gasteiger partial charge on any atom is -0.508 e. The topological polar surface area (TPSA) is 49.8 Å². The third kappa shape index (κ3) is 3.74. The fraction of sp³-hybridized carbons (Fsp3) is 0.500. The molecule has 4 heteroatoms. The molecule has 18 heavy (non-hydrogen) atoms. The van der Waals surface area contributed by atoms with Gasteiger partial charge < -0.3 is 14.7 Å². The van der Waals surface area contributed by atoms with Crippen LogP contribution in [0.15, 0.2) is 18.2 Å². The molecule has 4 nitrogen and oxygen atoms in total. The third-order valence-electron chi connectivity index (χ3n) is 2.83. The van der Waals surface area contributed by atoms with Crippen molar-refractivity contribution in [2.75, 3.05) is 26.3 Å². The highest BCUT2D eigenvalue weighted by molar-refractivity contribution is 5.94. The molecule has 1 aromatic carbocycles. The van der Waals surface area contributed by atoms with E-state index in [0.29, 0.717) is 31.9 Å². The molecule has 0 spiro atoms. The van der Waals surface area contributed by atoms with Crippen molar-refractivity contribution >= 4 is 5.91 Å². The molecule has 100 valence electrons. The van der Waals surface area contributed by atoms with E-state index in [1.807, 2.05) is 13.8 Å². The number of rotatable bonds is 6. The molecule has 0 saturated carbocycles. The first-order chi connectivity index (χ1) is 8.60. The van der Waals surface area contributed by atoms with Crippen LogP contribution in [-0.2, 0) is 4.74 Å². The fourth-order valence-corrected chi connectivity index (χ4v) is 1.65. The number of carbonyl (C=O) groups excluding carboxylic acids is 1. The van der Waals surface area contributed by atoms with Crippen LogP contribution in [0.25, 0.3) is 0 Å². The number of hydrogen-bond acceptors (Lipinski definition) is 3. The number of likely N-dealkylation sites (N-methyl/N-ethyl adjacent to an activating group) is 1. The van der Waals surface area contributed by atoms with Crippen LogP contribution in [0, 0.1) is 6.92 Å². The van der Waals surface area contributed by atoms with Gasteiger partial charge in [-0.15, -0.1) is 0 Å². The van der Waals surface area contributed by atoms with Gasteiger partial charge in [0.25, 0.3) is 5.91 Å². The minimum absolute atomic E-state index is 0.0764. The largest absolute Gasteiger partial charge is 0.508 e. The molecular weight excluding hydrogens is 230 g/mol. The van der Waals surface area contributed by atoms with E-state index in [2.05, 4.69) is 0 Å². The monoisotopic (exact) mass is 251 g/mol. The first-order valence-corrected chi connectivity index (χ1v) is 6.26. The van der Waals surface area contributed by atoms with Crippen LogP contribution < -0.4 is 0 Å². The van der Waals surface area contributed by atoms with Crippen molar-refractivity contribution in [1.29, 1.82) is 0 Å². The molecule has 1 rings (SSSR count). The van der Waals surface area contributed by atoms with Crippen molar-refractivity contribution in [1.82, 2.24) is 4.90 Å². The molecule has 1 N–H and O–H groups in total. The zero-order valence-electron chi connectivity index (χ0n) is 11.3.